The van der Waals surface area contributed by atoms with Gasteiger partial charge in [-0.2, -0.15) is 15.3 Å². The second-order valence-corrected chi connectivity index (χ2v) is 13.9. The monoisotopic (exact) mass is 861 g/mol. The van der Waals surface area contributed by atoms with Gasteiger partial charge in [0.25, 0.3) is 23.6 Å². The maximum atomic E-state index is 15.0. The minimum absolute atomic E-state index is 0.0266. The fourth-order valence-corrected chi connectivity index (χ4v) is 6.98. The van der Waals surface area contributed by atoms with E-state index in [0.29, 0.717) is 27.9 Å². The van der Waals surface area contributed by atoms with E-state index in [1.165, 1.54) is 47.2 Å². The molecule has 0 saturated carbocycles. The lowest BCUT2D eigenvalue weighted by molar-refractivity contribution is -0.124. The van der Waals surface area contributed by atoms with Crippen LogP contribution in [0.2, 0.25) is 0 Å². The zero-order chi connectivity index (χ0) is 45.1. The van der Waals surface area contributed by atoms with Crippen LogP contribution in [-0.4, -0.2) is 108 Å². The minimum Gasteiger partial charge on any atom is -0.479 e. The Bertz CT molecular complexity index is 3130. The molecule has 6 heterocycles. The van der Waals surface area contributed by atoms with Crippen molar-refractivity contribution in [1.29, 1.82) is 0 Å². The van der Waals surface area contributed by atoms with E-state index in [4.69, 9.17) is 26.3 Å². The molecule has 64 heavy (non-hydrogen) atoms. The molecule has 0 radical (unpaired) electrons. The number of nitrogens with one attached hydrogen (secondary N) is 1. The van der Waals surface area contributed by atoms with Crippen molar-refractivity contribution in [3.05, 3.63) is 128 Å². The van der Waals surface area contributed by atoms with Gasteiger partial charge in [0.2, 0.25) is 5.88 Å². The van der Waals surface area contributed by atoms with Gasteiger partial charge in [-0.15, -0.1) is 0 Å². The van der Waals surface area contributed by atoms with Crippen molar-refractivity contribution in [3.63, 3.8) is 0 Å². The summed E-state index contributed by atoms with van der Waals surface area (Å²) in [7, 11) is 1.28. The fourth-order valence-electron chi connectivity index (χ4n) is 6.98. The number of hydrogen-bond donors (Lipinski definition) is 3. The molecule has 8 rings (SSSR count). The number of anilines is 2. The third-order valence-corrected chi connectivity index (χ3v) is 10.1. The summed E-state index contributed by atoms with van der Waals surface area (Å²) < 4.78 is 22.9. The molecular formula is C43H36FN15O5. The Morgan fingerprint density at radius 3 is 2.03 bits per heavy atom. The summed E-state index contributed by atoms with van der Waals surface area (Å²) in [4.78, 5) is 77.9. The normalized spacial score (nSPS) is 11.1. The van der Waals surface area contributed by atoms with E-state index >= 15 is 4.39 Å². The van der Waals surface area contributed by atoms with E-state index in [-0.39, 0.29) is 82.9 Å². The number of H-pyrrole nitrogens is 1. The van der Waals surface area contributed by atoms with Gasteiger partial charge in [-0.25, -0.2) is 38.7 Å². The van der Waals surface area contributed by atoms with Crippen LogP contribution in [0, 0.1) is 5.82 Å². The van der Waals surface area contributed by atoms with E-state index in [2.05, 4.69) is 48.4 Å². The Morgan fingerprint density at radius 2 is 1.39 bits per heavy atom. The second kappa shape index (κ2) is 17.5. The van der Waals surface area contributed by atoms with E-state index in [1.54, 1.807) is 54.9 Å². The molecule has 0 aliphatic heterocycles. The predicted molar refractivity (Wildman–Crippen MR) is 231 cm³/mol. The molecule has 0 atom stereocenters. The number of imide groups is 2. The number of nitrogen functional groups attached to an aromatic ring is 2. The summed E-state index contributed by atoms with van der Waals surface area (Å²) in [6.45, 7) is 6.76. The third kappa shape index (κ3) is 7.86. The topological polar surface area (TPSA) is 265 Å². The largest absolute Gasteiger partial charge is 0.479 e. The molecule has 20 nitrogen and oxygen atoms in total. The number of benzene rings is 2. The van der Waals surface area contributed by atoms with Gasteiger partial charge in [0.15, 0.2) is 22.9 Å². The van der Waals surface area contributed by atoms with Crippen LogP contribution >= 0.6 is 0 Å². The summed E-state index contributed by atoms with van der Waals surface area (Å²) in [5.74, 6) is -3.39. The molecule has 320 valence electrons. The summed E-state index contributed by atoms with van der Waals surface area (Å²) in [6, 6.07) is 15.7. The molecule has 0 bridgehead atoms. The molecule has 0 saturated heterocycles. The number of nitrogens with zero attached hydrogens (tertiary/aromatic N) is 12. The average molecular weight is 862 g/mol. The van der Waals surface area contributed by atoms with Crippen LogP contribution in [0.25, 0.3) is 56.0 Å². The Kier molecular flexibility index (Phi) is 11.4. The van der Waals surface area contributed by atoms with Crippen LogP contribution in [0.5, 0.6) is 5.88 Å². The van der Waals surface area contributed by atoms with Crippen LogP contribution < -0.4 is 16.2 Å². The highest BCUT2D eigenvalue weighted by molar-refractivity contribution is 6.09. The first-order valence-corrected chi connectivity index (χ1v) is 19.3. The maximum absolute atomic E-state index is 15.0. The summed E-state index contributed by atoms with van der Waals surface area (Å²) in [6.07, 6.45) is 7.89. The van der Waals surface area contributed by atoms with Crippen LogP contribution in [0.1, 0.15) is 20.7 Å². The number of hydrogen-bond acceptors (Lipinski definition) is 15. The van der Waals surface area contributed by atoms with Gasteiger partial charge in [-0.3, -0.25) is 34.1 Å². The van der Waals surface area contributed by atoms with Crippen molar-refractivity contribution < 1.29 is 28.3 Å². The van der Waals surface area contributed by atoms with Crippen LogP contribution in [-0.2, 0) is 22.7 Å². The second-order valence-electron chi connectivity index (χ2n) is 13.9. The zero-order valence-corrected chi connectivity index (χ0v) is 33.9. The molecule has 8 aromatic rings. The number of fused-ring (bicyclic) bond motifs is 2. The number of aromatic amines is 1. The number of ether oxygens (including phenoxy) is 1. The van der Waals surface area contributed by atoms with Gasteiger partial charge in [0.05, 0.1) is 37.2 Å². The van der Waals surface area contributed by atoms with E-state index in [0.717, 1.165) is 22.0 Å². The SMILES string of the molecule is C=CC(=O)N(CCn1nc(-c2cn[nH]c2)c2c(N)ncnc21)C(=O)c1cccc(-c2nc(N)c3c(-c4cnc(OC)c(F)c4)nn(CCN(C(=O)C=C)C(=O)c4ccccc4)c3n2)c1. The van der Waals surface area contributed by atoms with E-state index < -0.39 is 29.4 Å². The molecule has 21 heteroatoms. The number of carbonyl (C=O) groups is 4. The van der Waals surface area contributed by atoms with Gasteiger partial charge < -0.3 is 16.2 Å². The Balaban J connectivity index is 1.14. The number of pyridine rings is 1. The lowest BCUT2D eigenvalue weighted by atomic mass is 10.1. The standard InChI is InChI=1S/C43H36FN15O5/c1-4-30(60)56(42(62)24-10-7-6-8-11-24)15-17-59-40-33(34(54-59)27-19-29(44)41(64-3)47-20-27)37(46)52-38(53-40)25-12-9-13-26(18-25)43(63)57(31(61)5-2)14-16-58-39-32(36(45)48-23-49-39)35(55-58)28-21-50-51-22-28/h4-13,18-23H,1-2,14-17H2,3H3,(H,50,51)(H2,45,48,49)(H2,46,52,53). The lowest BCUT2D eigenvalue weighted by Crippen LogP contribution is -2.38. The van der Waals surface area contributed by atoms with Gasteiger partial charge >= 0.3 is 0 Å². The molecule has 0 unspecified atom stereocenters. The Hall–Kier alpha value is -9.01. The molecular weight excluding hydrogens is 826 g/mol. The van der Waals surface area contributed by atoms with Crippen LogP contribution in [0.3, 0.4) is 0 Å². The maximum Gasteiger partial charge on any atom is 0.260 e. The summed E-state index contributed by atoms with van der Waals surface area (Å²) in [5, 5.41) is 16.8. The highest BCUT2D eigenvalue weighted by Gasteiger charge is 2.27. The van der Waals surface area contributed by atoms with Crippen molar-refractivity contribution in [3.8, 4) is 39.8 Å². The average Bonchev–Trinajstić information content (AvgIpc) is 4.08. The van der Waals surface area contributed by atoms with Crippen LogP contribution in [0.4, 0.5) is 16.0 Å². The molecule has 5 N–H and O–H groups in total. The summed E-state index contributed by atoms with van der Waals surface area (Å²) in [5.41, 5.74) is 15.5. The number of rotatable bonds is 14. The number of methoxy groups -OCH3 is 1. The van der Waals surface area contributed by atoms with Crippen molar-refractivity contribution in [2.75, 3.05) is 31.7 Å². The smallest absolute Gasteiger partial charge is 0.260 e. The molecule has 2 aromatic carbocycles. The fraction of sp³-hybridized carbons (Fsp3) is 0.116. The van der Waals surface area contributed by atoms with Gasteiger partial charge in [-0.05, 0) is 42.5 Å². The third-order valence-electron chi connectivity index (χ3n) is 10.1. The van der Waals surface area contributed by atoms with E-state index in [1.807, 2.05) is 0 Å². The first-order valence-electron chi connectivity index (χ1n) is 19.3. The van der Waals surface area contributed by atoms with Crippen molar-refractivity contribution in [1.82, 2.24) is 64.5 Å². The molecule has 0 aliphatic rings. The molecule has 0 fully saturated rings. The van der Waals surface area contributed by atoms with Crippen LogP contribution in [0.15, 0.2) is 111 Å². The van der Waals surface area contributed by atoms with Gasteiger partial charge in [0.1, 0.15) is 29.4 Å². The molecule has 4 amide bonds. The number of carbonyl (C=O) groups excluding carboxylic acids is 4. The predicted octanol–water partition coefficient (Wildman–Crippen LogP) is 4.11. The Labute approximate surface area is 361 Å². The van der Waals surface area contributed by atoms with Gasteiger partial charge in [-0.1, -0.05) is 43.5 Å². The first kappa shape index (κ1) is 41.7. The lowest BCUT2D eigenvalue weighted by Gasteiger charge is -2.20. The highest BCUT2D eigenvalue weighted by atomic mass is 19.1. The Morgan fingerprint density at radius 1 is 0.750 bits per heavy atom. The summed E-state index contributed by atoms with van der Waals surface area (Å²) >= 11 is 0. The number of halogens is 1. The number of nitrogens with two attached hydrogens (primary N) is 2. The number of aromatic nitrogens is 11. The minimum atomic E-state index is -0.767. The molecule has 0 aliphatic carbocycles. The quantitative estimate of drug-likeness (QED) is 0.130. The van der Waals surface area contributed by atoms with Crippen molar-refractivity contribution >= 4 is 57.3 Å². The first-order chi connectivity index (χ1) is 31.0. The van der Waals surface area contributed by atoms with Gasteiger partial charge in [0, 0.05) is 53.3 Å². The molecule has 6 aromatic heterocycles. The number of amides is 4. The van der Waals surface area contributed by atoms with E-state index in [9.17, 15) is 19.2 Å². The zero-order valence-electron chi connectivity index (χ0n) is 33.9. The molecule has 0 spiro atoms. The van der Waals surface area contributed by atoms with Crippen molar-refractivity contribution in [2.45, 2.75) is 13.1 Å². The van der Waals surface area contributed by atoms with Crippen molar-refractivity contribution in [2.24, 2.45) is 0 Å². The highest BCUT2D eigenvalue weighted by Crippen LogP contribution is 2.34.